The van der Waals surface area contributed by atoms with Gasteiger partial charge < -0.3 is 13.9 Å². The molecule has 0 saturated heterocycles. The van der Waals surface area contributed by atoms with E-state index in [-0.39, 0.29) is 13.2 Å². The molecule has 1 rings (SSSR count). The predicted molar refractivity (Wildman–Crippen MR) is 90.5 cm³/mol. The van der Waals surface area contributed by atoms with Crippen LogP contribution in [0.25, 0.3) is 0 Å². The molecule has 1 aromatic carbocycles. The summed E-state index contributed by atoms with van der Waals surface area (Å²) in [5, 5.41) is -0.457. The van der Waals surface area contributed by atoms with E-state index in [1.165, 1.54) is 0 Å². The van der Waals surface area contributed by atoms with Crippen molar-refractivity contribution >= 4 is 14.3 Å². The van der Waals surface area contributed by atoms with Gasteiger partial charge in [0.15, 0.2) is 17.4 Å². The van der Waals surface area contributed by atoms with Crippen LogP contribution in [0.1, 0.15) is 31.1 Å². The second kappa shape index (κ2) is 8.11. The molecule has 0 spiro atoms. The monoisotopic (exact) mass is 394 g/mol. The van der Waals surface area contributed by atoms with E-state index in [1.807, 2.05) is 0 Å². The van der Waals surface area contributed by atoms with Gasteiger partial charge in [0.2, 0.25) is 11.6 Å². The fourth-order valence-corrected chi connectivity index (χ4v) is 2.50. The predicted octanol–water partition coefficient (Wildman–Crippen LogP) is 4.94. The summed E-state index contributed by atoms with van der Waals surface area (Å²) in [7, 11) is -2.76. The lowest BCUT2D eigenvalue weighted by Crippen LogP contribution is -2.43. The van der Waals surface area contributed by atoms with E-state index in [1.54, 1.807) is 33.9 Å². The summed E-state index contributed by atoms with van der Waals surface area (Å²) in [5.41, 5.74) is -1.42. The third kappa shape index (κ3) is 4.57. The van der Waals surface area contributed by atoms with Gasteiger partial charge in [-0.2, -0.15) is 8.78 Å². The van der Waals surface area contributed by atoms with Gasteiger partial charge in [0.25, 0.3) is 8.32 Å². The van der Waals surface area contributed by atoms with Crippen molar-refractivity contribution < 1.29 is 36.3 Å². The van der Waals surface area contributed by atoms with Gasteiger partial charge in [0, 0.05) is 0 Å². The molecule has 0 amide bonds. The van der Waals surface area contributed by atoms with Crippen LogP contribution in [0.2, 0.25) is 18.1 Å². The Morgan fingerprint density at radius 3 is 1.96 bits per heavy atom. The van der Waals surface area contributed by atoms with Crippen molar-refractivity contribution in [3.05, 3.63) is 41.7 Å². The van der Waals surface area contributed by atoms with Gasteiger partial charge in [-0.25, -0.2) is 13.6 Å². The van der Waals surface area contributed by atoms with E-state index < -0.39 is 53.9 Å². The van der Waals surface area contributed by atoms with Crippen LogP contribution in [0, 0.1) is 23.3 Å². The highest BCUT2D eigenvalue weighted by atomic mass is 28.4. The number of carbonyl (C=O) groups is 1. The van der Waals surface area contributed by atoms with Gasteiger partial charge in [-0.05, 0) is 18.1 Å². The Hall–Kier alpha value is -2.03. The SMILES string of the molecule is C=COCCOc1c(F)c(F)c(C(=O)O[Si](C)(C)C(C)(C)C)c(F)c1F. The molecular formula is C17H22F4O4Si. The molecule has 0 bridgehead atoms. The van der Waals surface area contributed by atoms with Crippen LogP contribution in [-0.4, -0.2) is 27.5 Å². The number of hydrogen-bond acceptors (Lipinski definition) is 4. The van der Waals surface area contributed by atoms with Crippen LogP contribution in [0.4, 0.5) is 17.6 Å². The summed E-state index contributed by atoms with van der Waals surface area (Å²) in [4.78, 5) is 12.2. The molecule has 0 saturated carbocycles. The van der Waals surface area contributed by atoms with Crippen molar-refractivity contribution in [1.82, 2.24) is 0 Å². The second-order valence-corrected chi connectivity index (χ2v) is 11.7. The molecule has 146 valence electrons. The fraction of sp³-hybridized carbons (Fsp3) is 0.471. The zero-order valence-corrected chi connectivity index (χ0v) is 16.3. The molecule has 0 fully saturated rings. The molecule has 1 aromatic rings. The molecule has 0 aliphatic rings. The summed E-state index contributed by atoms with van der Waals surface area (Å²) in [6, 6.07) is 0. The third-order valence-electron chi connectivity index (χ3n) is 4.15. The Kier molecular flexibility index (Phi) is 6.86. The van der Waals surface area contributed by atoms with Crippen molar-refractivity contribution in [3.8, 4) is 5.75 Å². The number of carbonyl (C=O) groups excluding carboxylic acids is 1. The number of rotatable bonds is 7. The van der Waals surface area contributed by atoms with Crippen molar-refractivity contribution in [2.75, 3.05) is 13.2 Å². The Balaban J connectivity index is 3.22. The first kappa shape index (κ1) is 22.0. The fourth-order valence-electron chi connectivity index (χ4n) is 1.63. The van der Waals surface area contributed by atoms with Crippen molar-refractivity contribution in [2.45, 2.75) is 38.9 Å². The number of ether oxygens (including phenoxy) is 2. The minimum absolute atomic E-state index is 0.138. The third-order valence-corrected chi connectivity index (χ3v) is 8.45. The Bertz CT molecular complexity index is 670. The molecular weight excluding hydrogens is 372 g/mol. The van der Waals surface area contributed by atoms with Crippen LogP contribution < -0.4 is 4.74 Å². The van der Waals surface area contributed by atoms with Gasteiger partial charge in [-0.3, -0.25) is 0 Å². The van der Waals surface area contributed by atoms with E-state index in [2.05, 4.69) is 16.1 Å². The molecule has 0 aliphatic carbocycles. The minimum Gasteiger partial charge on any atom is -0.515 e. The first-order chi connectivity index (χ1) is 11.8. The van der Waals surface area contributed by atoms with Crippen LogP contribution in [-0.2, 0) is 9.16 Å². The van der Waals surface area contributed by atoms with Gasteiger partial charge in [-0.15, -0.1) is 0 Å². The smallest absolute Gasteiger partial charge is 0.331 e. The van der Waals surface area contributed by atoms with E-state index in [4.69, 9.17) is 4.43 Å². The van der Waals surface area contributed by atoms with E-state index >= 15 is 0 Å². The lowest BCUT2D eigenvalue weighted by atomic mass is 10.1. The topological polar surface area (TPSA) is 44.8 Å². The lowest BCUT2D eigenvalue weighted by Gasteiger charge is -2.35. The number of benzene rings is 1. The molecule has 9 heteroatoms. The Morgan fingerprint density at radius 1 is 1.04 bits per heavy atom. The van der Waals surface area contributed by atoms with Gasteiger partial charge in [-0.1, -0.05) is 27.4 Å². The zero-order chi connectivity index (χ0) is 20.3. The normalized spacial score (nSPS) is 11.9. The average molecular weight is 394 g/mol. The van der Waals surface area contributed by atoms with E-state index in [0.717, 1.165) is 6.26 Å². The molecule has 4 nitrogen and oxygen atoms in total. The van der Waals surface area contributed by atoms with Gasteiger partial charge in [0.1, 0.15) is 18.8 Å². The molecule has 0 aliphatic heterocycles. The van der Waals surface area contributed by atoms with Crippen molar-refractivity contribution in [3.63, 3.8) is 0 Å². The maximum atomic E-state index is 14.2. The lowest BCUT2D eigenvalue weighted by molar-refractivity contribution is 0.0698. The number of hydrogen-bond donors (Lipinski definition) is 0. The van der Waals surface area contributed by atoms with E-state index in [0.29, 0.717) is 0 Å². The molecule has 26 heavy (non-hydrogen) atoms. The maximum absolute atomic E-state index is 14.2. The Labute approximate surface area is 150 Å². The quantitative estimate of drug-likeness (QED) is 0.216. The highest BCUT2D eigenvalue weighted by Crippen LogP contribution is 2.38. The standard InChI is InChI=1S/C17H22F4O4Si/c1-7-23-8-9-24-15-13(20)11(18)10(12(19)14(15)21)16(22)25-26(5,6)17(2,3)4/h7H,1,8-9H2,2-6H3. The van der Waals surface area contributed by atoms with E-state index in [9.17, 15) is 22.4 Å². The summed E-state index contributed by atoms with van der Waals surface area (Å²) < 4.78 is 71.1. The maximum Gasteiger partial charge on any atom is 0.331 e. The van der Waals surface area contributed by atoms with Crippen molar-refractivity contribution in [1.29, 1.82) is 0 Å². The van der Waals surface area contributed by atoms with Crippen LogP contribution in [0.15, 0.2) is 12.8 Å². The summed E-state index contributed by atoms with van der Waals surface area (Å²) in [6.07, 6.45) is 1.07. The highest BCUT2D eigenvalue weighted by Gasteiger charge is 2.42. The van der Waals surface area contributed by atoms with Gasteiger partial charge >= 0.3 is 5.97 Å². The van der Waals surface area contributed by atoms with Crippen molar-refractivity contribution in [2.24, 2.45) is 0 Å². The molecule has 0 aromatic heterocycles. The number of halogens is 4. The Morgan fingerprint density at radius 2 is 1.54 bits per heavy atom. The summed E-state index contributed by atoms with van der Waals surface area (Å²) >= 11 is 0. The first-order valence-corrected chi connectivity index (χ1v) is 10.7. The summed E-state index contributed by atoms with van der Waals surface area (Å²) in [5.74, 6) is -10.1. The molecule has 0 atom stereocenters. The van der Waals surface area contributed by atoms with Crippen LogP contribution in [0.3, 0.4) is 0 Å². The molecule has 0 unspecified atom stereocenters. The zero-order valence-electron chi connectivity index (χ0n) is 15.3. The molecule has 0 heterocycles. The van der Waals surface area contributed by atoms with Gasteiger partial charge in [0.05, 0.1) is 6.26 Å². The van der Waals surface area contributed by atoms with Crippen LogP contribution in [0.5, 0.6) is 5.75 Å². The minimum atomic E-state index is -2.76. The second-order valence-electron chi connectivity index (χ2n) is 7.00. The van der Waals surface area contributed by atoms with Crippen LogP contribution >= 0.6 is 0 Å². The highest BCUT2D eigenvalue weighted by molar-refractivity contribution is 6.75. The molecule has 0 N–H and O–H groups in total. The largest absolute Gasteiger partial charge is 0.515 e. The summed E-state index contributed by atoms with van der Waals surface area (Å²) in [6.45, 7) is 11.4. The average Bonchev–Trinajstić information content (AvgIpc) is 2.51. The molecule has 0 radical (unpaired) electrons. The first-order valence-electron chi connectivity index (χ1n) is 7.79.